The summed E-state index contributed by atoms with van der Waals surface area (Å²) in [6.07, 6.45) is 4.66. The monoisotopic (exact) mass is 833 g/mol. The van der Waals surface area contributed by atoms with Crippen molar-refractivity contribution in [1.82, 2.24) is 13.9 Å². The number of allylic oxidation sites excluding steroid dienone is 1. The molecule has 1 saturated carbocycles. The fourth-order valence-electron chi connectivity index (χ4n) is 11.6. The number of benzene rings is 4. The van der Waals surface area contributed by atoms with Crippen LogP contribution in [0.1, 0.15) is 57.2 Å². The lowest BCUT2D eigenvalue weighted by atomic mass is 9.54. The maximum Gasteiger partial charge on any atom is 0.352 e. The zero-order valence-electron chi connectivity index (χ0n) is 36.1. The smallest absolute Gasteiger partial charge is 0.352 e. The molecule has 0 amide bonds. The molecule has 1 N–H and O–H groups in total. The first kappa shape index (κ1) is 41.0. The van der Waals surface area contributed by atoms with Gasteiger partial charge in [-0.2, -0.15) is 0 Å². The summed E-state index contributed by atoms with van der Waals surface area (Å²) < 4.78 is 19.2. The number of ketones is 1. The van der Waals surface area contributed by atoms with Gasteiger partial charge in [-0.1, -0.05) is 128 Å². The number of para-hydroxylation sites is 1. The molecule has 9 nitrogen and oxygen atoms in total. The molecule has 61 heavy (non-hydrogen) atoms. The zero-order chi connectivity index (χ0) is 43.1. The Labute approximate surface area is 358 Å². The first-order valence-electron chi connectivity index (χ1n) is 21.4. The van der Waals surface area contributed by atoms with Crippen LogP contribution in [0.15, 0.2) is 165 Å². The Morgan fingerprint density at radius 3 is 1.82 bits per heavy atom. The Hall–Kier alpha value is -5.39. The van der Waals surface area contributed by atoms with Crippen LogP contribution < -0.4 is 11.4 Å². The highest BCUT2D eigenvalue weighted by Crippen LogP contribution is 2.62. The molecule has 6 atom stereocenters. The fourth-order valence-corrected chi connectivity index (χ4v) is 13.0. The third-order valence-electron chi connectivity index (χ3n) is 13.8. The minimum Gasteiger partial charge on any atom is -0.404 e. The third kappa shape index (κ3) is 6.16. The number of fused-ring (bicyclic) bond motifs is 7. The van der Waals surface area contributed by atoms with Crippen molar-refractivity contribution in [1.29, 1.82) is 0 Å². The molecule has 1 unspecified atom stereocenters. The highest BCUT2D eigenvalue weighted by Gasteiger charge is 2.68. The van der Waals surface area contributed by atoms with Crippen LogP contribution in [0.2, 0.25) is 19.6 Å². The molecule has 3 aliphatic carbocycles. The molecular formula is C51H55N3O6Si. The molecule has 0 radical (unpaired) electrons. The molecule has 9 rings (SSSR count). The van der Waals surface area contributed by atoms with Gasteiger partial charge in [-0.3, -0.25) is 4.79 Å². The summed E-state index contributed by atoms with van der Waals surface area (Å²) in [7, 11) is -2.48. The van der Waals surface area contributed by atoms with Crippen molar-refractivity contribution >= 4 is 14.1 Å². The van der Waals surface area contributed by atoms with Crippen LogP contribution in [0.3, 0.4) is 0 Å². The van der Waals surface area contributed by atoms with E-state index in [1.807, 2.05) is 107 Å². The first-order valence-corrected chi connectivity index (χ1v) is 24.8. The number of Topliss-reactive ketones (excluding diaryl/α,β-unsaturated/α-hetero) is 1. The average Bonchev–Trinajstić information content (AvgIpc) is 3.59. The van der Waals surface area contributed by atoms with Crippen molar-refractivity contribution in [2.24, 2.45) is 17.8 Å². The zero-order valence-corrected chi connectivity index (χ0v) is 37.1. The van der Waals surface area contributed by atoms with Crippen LogP contribution in [0, 0.1) is 17.8 Å². The molecular weight excluding hydrogens is 779 g/mol. The van der Waals surface area contributed by atoms with E-state index in [9.17, 15) is 19.5 Å². The maximum absolute atomic E-state index is 15.0. The standard InChI is InChI=1S/C51H55N3O6Si/c1-34-28-43-49(45(34)55,60-61(5,6)7)31-37(33-59-51(38-20-12-8-13-21-38,39-22-14-9-15-23-39)40-24-16-10-17-25-40)29-42-44-35(2)32-52-46(56)53(41-26-18-11-19-27-41)47(57)54(52)48(44,4)30-36(3)50(42,43)58/h8-29,36,42-43,58H,30-33H2,1-7H3/t36-,42+,43-,48?,49-,50-/m1/s1. The number of hydrogen-bond acceptors (Lipinski definition) is 6. The SMILES string of the molecule is CC1=C[C@H]2[C@@]3(O)[C@H](C)CC4(C)C(=C(C)Cn5c(=O)n(-c6ccccc6)c(=O)n54)[C@@H]3C=C(COC(c3ccccc3)(c3ccccc3)c3ccccc3)C[C@]2(O[Si](C)(C)C)C1=O. The predicted octanol–water partition coefficient (Wildman–Crippen LogP) is 8.31. The summed E-state index contributed by atoms with van der Waals surface area (Å²) in [5, 5.41) is 13.9. The van der Waals surface area contributed by atoms with Gasteiger partial charge >= 0.3 is 11.4 Å². The van der Waals surface area contributed by atoms with Crippen LogP contribution in [0.25, 0.3) is 5.69 Å². The van der Waals surface area contributed by atoms with E-state index in [2.05, 4.69) is 62.1 Å². The lowest BCUT2D eigenvalue weighted by Crippen LogP contribution is -2.66. The minimum absolute atomic E-state index is 0.105. The number of ether oxygens (including phenoxy) is 1. The topological polar surface area (TPSA) is 105 Å². The second-order valence-electron chi connectivity index (χ2n) is 18.9. The lowest BCUT2D eigenvalue weighted by molar-refractivity contribution is -0.164. The van der Waals surface area contributed by atoms with Crippen molar-refractivity contribution in [2.75, 3.05) is 6.61 Å². The number of nitrogens with zero attached hydrogens (tertiary/aromatic N) is 3. The fraction of sp³-hybridized carbons (Fsp3) is 0.353. The quantitative estimate of drug-likeness (QED) is 0.0911. The molecule has 1 aliphatic heterocycles. The second-order valence-corrected chi connectivity index (χ2v) is 23.3. The van der Waals surface area contributed by atoms with Gasteiger partial charge in [0.1, 0.15) is 11.2 Å². The van der Waals surface area contributed by atoms with Gasteiger partial charge in [0.2, 0.25) is 0 Å². The molecule has 4 aromatic carbocycles. The maximum atomic E-state index is 15.0. The molecule has 0 spiro atoms. The van der Waals surface area contributed by atoms with Gasteiger partial charge in [-0.05, 0) is 104 Å². The number of aliphatic hydroxyl groups is 1. The number of aromatic nitrogens is 3. The molecule has 1 fully saturated rings. The number of carbonyl (C=O) groups excluding carboxylic acids is 1. The van der Waals surface area contributed by atoms with Gasteiger partial charge in [-0.15, -0.1) is 0 Å². The van der Waals surface area contributed by atoms with Gasteiger partial charge in [0.25, 0.3) is 0 Å². The highest BCUT2D eigenvalue weighted by molar-refractivity contribution is 6.70. The van der Waals surface area contributed by atoms with Crippen molar-refractivity contribution in [3.05, 3.63) is 193 Å². The van der Waals surface area contributed by atoms with E-state index in [-0.39, 0.29) is 25.4 Å². The Balaban J connectivity index is 1.27. The Morgan fingerprint density at radius 2 is 1.30 bits per heavy atom. The van der Waals surface area contributed by atoms with E-state index >= 15 is 0 Å². The van der Waals surface area contributed by atoms with Gasteiger partial charge in [0.15, 0.2) is 14.1 Å². The van der Waals surface area contributed by atoms with Crippen molar-refractivity contribution in [3.8, 4) is 5.69 Å². The molecule has 0 bridgehead atoms. The van der Waals surface area contributed by atoms with Gasteiger partial charge in [0.05, 0.1) is 30.0 Å². The van der Waals surface area contributed by atoms with E-state index in [4.69, 9.17) is 9.16 Å². The van der Waals surface area contributed by atoms with E-state index in [1.54, 1.807) is 21.5 Å². The van der Waals surface area contributed by atoms with Crippen LogP contribution in [-0.4, -0.2) is 50.9 Å². The van der Waals surface area contributed by atoms with Crippen LogP contribution in [0.5, 0.6) is 0 Å². The van der Waals surface area contributed by atoms with Gasteiger partial charge in [0, 0.05) is 18.3 Å². The average molecular weight is 834 g/mol. The summed E-state index contributed by atoms with van der Waals surface area (Å²) in [5.41, 5.74) is 0.754. The third-order valence-corrected chi connectivity index (χ3v) is 14.8. The summed E-state index contributed by atoms with van der Waals surface area (Å²) in [6, 6.07) is 39.7. The largest absolute Gasteiger partial charge is 0.404 e. The van der Waals surface area contributed by atoms with E-state index in [0.29, 0.717) is 17.7 Å². The van der Waals surface area contributed by atoms with Crippen LogP contribution in [-0.2, 0) is 31.6 Å². The van der Waals surface area contributed by atoms with E-state index in [0.717, 1.165) is 33.4 Å². The normalized spacial score (nSPS) is 27.3. The molecule has 1 aromatic heterocycles. The van der Waals surface area contributed by atoms with E-state index in [1.165, 1.54) is 4.57 Å². The summed E-state index contributed by atoms with van der Waals surface area (Å²) in [6.45, 7) is 14.5. The van der Waals surface area contributed by atoms with Crippen LogP contribution in [0.4, 0.5) is 0 Å². The second kappa shape index (κ2) is 14.6. The molecule has 0 saturated heterocycles. The van der Waals surface area contributed by atoms with Gasteiger partial charge in [-0.25, -0.2) is 23.5 Å². The first-order chi connectivity index (χ1) is 29.1. The minimum atomic E-state index is -2.48. The summed E-state index contributed by atoms with van der Waals surface area (Å²) in [4.78, 5) is 43.9. The summed E-state index contributed by atoms with van der Waals surface area (Å²) >= 11 is 0. The van der Waals surface area contributed by atoms with Crippen molar-refractivity contribution in [3.63, 3.8) is 0 Å². The molecule has 314 valence electrons. The Kier molecular flexibility index (Phi) is 9.82. The lowest BCUT2D eigenvalue weighted by Gasteiger charge is -2.58. The number of carbonyl (C=O) groups is 1. The predicted molar refractivity (Wildman–Crippen MR) is 240 cm³/mol. The molecule has 10 heteroatoms. The number of hydrogen-bond donors (Lipinski definition) is 1. The van der Waals surface area contributed by atoms with Crippen LogP contribution >= 0.6 is 0 Å². The Bertz CT molecular complexity index is 2630. The molecule has 5 aromatic rings. The summed E-state index contributed by atoms with van der Waals surface area (Å²) in [5.74, 6) is -1.93. The van der Waals surface area contributed by atoms with Crippen molar-refractivity contribution in [2.45, 2.75) is 89.1 Å². The number of rotatable bonds is 9. The molecule has 2 heterocycles. The Morgan fingerprint density at radius 1 is 0.770 bits per heavy atom. The van der Waals surface area contributed by atoms with Gasteiger partial charge < -0.3 is 14.3 Å². The highest BCUT2D eigenvalue weighted by atomic mass is 28.4. The molecule has 4 aliphatic rings. The van der Waals surface area contributed by atoms with Crippen molar-refractivity contribution < 1.29 is 19.1 Å². The van der Waals surface area contributed by atoms with E-state index < -0.39 is 59.8 Å².